The average molecular weight is 505 g/mol. The number of imide groups is 1. The summed E-state index contributed by atoms with van der Waals surface area (Å²) in [6, 6.07) is 17.0. The molecular weight excluding hydrogens is 482 g/mol. The molecule has 2 fully saturated rings. The van der Waals surface area contributed by atoms with Crippen molar-refractivity contribution in [3.63, 3.8) is 0 Å². The number of nitrogens with zero attached hydrogens (tertiary/aromatic N) is 3. The molecule has 11 nitrogen and oxygen atoms in total. The SMILES string of the molecule is COc1ccc([C@@H]2[C@@H]3C(=O)N(c4ccc([N+](=O)[O-])cc4)C(=O)[C@@H]3ON2c2ccccc2)c(OC)c1OC. The van der Waals surface area contributed by atoms with Crippen LogP contribution in [-0.4, -0.2) is 44.2 Å². The molecule has 0 radical (unpaired) electrons. The number of hydroxylamine groups is 1. The van der Waals surface area contributed by atoms with E-state index in [-0.39, 0.29) is 11.4 Å². The zero-order valence-electron chi connectivity index (χ0n) is 20.2. The smallest absolute Gasteiger partial charge is 0.269 e. The van der Waals surface area contributed by atoms with E-state index in [1.165, 1.54) is 45.6 Å². The number of hydrogen-bond acceptors (Lipinski definition) is 9. The molecule has 2 aliphatic heterocycles. The number of rotatable bonds is 7. The topological polar surface area (TPSA) is 121 Å². The average Bonchev–Trinajstić information content (AvgIpc) is 3.43. The second kappa shape index (κ2) is 9.43. The van der Waals surface area contributed by atoms with Crippen molar-refractivity contribution in [2.24, 2.45) is 5.92 Å². The molecule has 5 rings (SSSR count). The number of non-ortho nitro benzene ring substituents is 1. The first kappa shape index (κ1) is 24.1. The van der Waals surface area contributed by atoms with E-state index < -0.39 is 34.8 Å². The Hall–Kier alpha value is -4.64. The number of fused-ring (bicyclic) bond motifs is 1. The van der Waals surface area contributed by atoms with Crippen molar-refractivity contribution in [1.29, 1.82) is 0 Å². The molecule has 0 unspecified atom stereocenters. The first-order valence-electron chi connectivity index (χ1n) is 11.3. The fourth-order valence-corrected chi connectivity index (χ4v) is 4.86. The predicted octanol–water partition coefficient (Wildman–Crippen LogP) is 3.67. The number of para-hydroxylation sites is 1. The number of benzene rings is 3. The van der Waals surface area contributed by atoms with Crippen LogP contribution in [0.4, 0.5) is 17.1 Å². The van der Waals surface area contributed by atoms with Crippen LogP contribution in [-0.2, 0) is 14.4 Å². The van der Waals surface area contributed by atoms with E-state index in [1.807, 2.05) is 30.3 Å². The number of nitro benzene ring substituents is 1. The van der Waals surface area contributed by atoms with Gasteiger partial charge in [-0.05, 0) is 36.4 Å². The molecule has 11 heteroatoms. The predicted molar refractivity (Wildman–Crippen MR) is 132 cm³/mol. The van der Waals surface area contributed by atoms with Gasteiger partial charge in [-0.25, -0.2) is 9.96 Å². The van der Waals surface area contributed by atoms with Crippen LogP contribution < -0.4 is 24.2 Å². The number of amides is 2. The maximum atomic E-state index is 13.8. The van der Waals surface area contributed by atoms with E-state index in [4.69, 9.17) is 19.0 Å². The van der Waals surface area contributed by atoms with Gasteiger partial charge < -0.3 is 14.2 Å². The molecule has 3 aromatic rings. The summed E-state index contributed by atoms with van der Waals surface area (Å²) in [5.41, 5.74) is 1.27. The maximum absolute atomic E-state index is 13.8. The van der Waals surface area contributed by atoms with Gasteiger partial charge in [0.05, 0.1) is 37.6 Å². The third-order valence-electron chi connectivity index (χ3n) is 6.50. The Morgan fingerprint density at radius 2 is 1.49 bits per heavy atom. The summed E-state index contributed by atoms with van der Waals surface area (Å²) in [7, 11) is 4.46. The van der Waals surface area contributed by atoms with Gasteiger partial charge >= 0.3 is 0 Å². The van der Waals surface area contributed by atoms with E-state index in [2.05, 4.69) is 0 Å². The summed E-state index contributed by atoms with van der Waals surface area (Å²) in [5, 5.41) is 12.6. The first-order chi connectivity index (χ1) is 17.9. The lowest BCUT2D eigenvalue weighted by Crippen LogP contribution is -2.37. The molecule has 2 aliphatic rings. The van der Waals surface area contributed by atoms with Gasteiger partial charge in [0.15, 0.2) is 17.6 Å². The fourth-order valence-electron chi connectivity index (χ4n) is 4.86. The van der Waals surface area contributed by atoms with E-state index in [0.717, 1.165) is 4.90 Å². The molecule has 0 spiro atoms. The highest BCUT2D eigenvalue weighted by atomic mass is 16.7. The Morgan fingerprint density at radius 1 is 0.811 bits per heavy atom. The Bertz CT molecular complexity index is 1360. The zero-order chi connectivity index (χ0) is 26.3. The van der Waals surface area contributed by atoms with Crippen LogP contribution >= 0.6 is 0 Å². The third-order valence-corrected chi connectivity index (χ3v) is 6.50. The Balaban J connectivity index is 1.63. The monoisotopic (exact) mass is 505 g/mol. The van der Waals surface area contributed by atoms with Gasteiger partial charge in [-0.2, -0.15) is 0 Å². The minimum absolute atomic E-state index is 0.150. The maximum Gasteiger partial charge on any atom is 0.269 e. The number of nitro groups is 1. The number of carbonyl (C=O) groups excluding carboxylic acids is 2. The van der Waals surface area contributed by atoms with Crippen molar-refractivity contribution in [3.05, 3.63) is 82.4 Å². The highest BCUT2D eigenvalue weighted by Crippen LogP contribution is 2.52. The van der Waals surface area contributed by atoms with Crippen LogP contribution in [0.5, 0.6) is 17.2 Å². The van der Waals surface area contributed by atoms with Gasteiger partial charge in [0.1, 0.15) is 12.0 Å². The number of carbonyl (C=O) groups is 2. The molecule has 0 aromatic heterocycles. The largest absolute Gasteiger partial charge is 0.493 e. The van der Waals surface area contributed by atoms with E-state index in [1.54, 1.807) is 17.2 Å². The van der Waals surface area contributed by atoms with E-state index in [0.29, 0.717) is 28.5 Å². The zero-order valence-corrected chi connectivity index (χ0v) is 20.2. The molecule has 0 bridgehead atoms. The third kappa shape index (κ3) is 3.80. The summed E-state index contributed by atoms with van der Waals surface area (Å²) in [4.78, 5) is 45.0. The van der Waals surface area contributed by atoms with Crippen LogP contribution in [0.2, 0.25) is 0 Å². The lowest BCUT2D eigenvalue weighted by Gasteiger charge is -2.30. The molecule has 2 saturated heterocycles. The number of methoxy groups -OCH3 is 3. The molecule has 3 aromatic carbocycles. The lowest BCUT2D eigenvalue weighted by molar-refractivity contribution is -0.384. The summed E-state index contributed by atoms with van der Waals surface area (Å²) in [6.07, 6.45) is -1.12. The van der Waals surface area contributed by atoms with Crippen molar-refractivity contribution in [2.45, 2.75) is 12.1 Å². The van der Waals surface area contributed by atoms with Gasteiger partial charge in [0, 0.05) is 17.7 Å². The van der Waals surface area contributed by atoms with Gasteiger partial charge in [0.25, 0.3) is 11.6 Å². The lowest BCUT2D eigenvalue weighted by atomic mass is 9.89. The molecule has 190 valence electrons. The van der Waals surface area contributed by atoms with Crippen LogP contribution in [0.1, 0.15) is 11.6 Å². The Kier molecular flexibility index (Phi) is 6.14. The van der Waals surface area contributed by atoms with E-state index >= 15 is 0 Å². The second-order valence-corrected chi connectivity index (χ2v) is 8.37. The minimum atomic E-state index is -1.12. The number of hydrogen-bond donors (Lipinski definition) is 0. The van der Waals surface area contributed by atoms with Crippen molar-refractivity contribution in [1.82, 2.24) is 0 Å². The van der Waals surface area contributed by atoms with Gasteiger partial charge in [-0.15, -0.1) is 0 Å². The Morgan fingerprint density at radius 3 is 2.08 bits per heavy atom. The van der Waals surface area contributed by atoms with Crippen LogP contribution in [0.25, 0.3) is 0 Å². The Labute approximate surface area is 211 Å². The number of anilines is 2. The van der Waals surface area contributed by atoms with Crippen molar-refractivity contribution >= 4 is 28.9 Å². The minimum Gasteiger partial charge on any atom is -0.493 e. The molecule has 0 aliphatic carbocycles. The van der Waals surface area contributed by atoms with Gasteiger partial charge in [0.2, 0.25) is 11.7 Å². The van der Waals surface area contributed by atoms with Crippen molar-refractivity contribution in [2.75, 3.05) is 31.3 Å². The summed E-state index contributed by atoms with van der Waals surface area (Å²) < 4.78 is 16.7. The standard InChI is InChI=1S/C26H23N3O8/c1-34-19-14-13-18(22(35-2)23(19)36-3)21-20-24(37-28(21)16-7-5-4-6-8-16)26(31)27(25(20)30)15-9-11-17(12-10-15)29(32)33/h4-14,20-21,24H,1-3H3/t20-,21+,24+/m0/s1. The van der Waals surface area contributed by atoms with Crippen LogP contribution in [0.15, 0.2) is 66.7 Å². The van der Waals surface area contributed by atoms with Crippen LogP contribution in [0, 0.1) is 16.0 Å². The van der Waals surface area contributed by atoms with Crippen molar-refractivity contribution < 1.29 is 33.6 Å². The summed E-state index contributed by atoms with van der Waals surface area (Å²) in [6.45, 7) is 0. The van der Waals surface area contributed by atoms with E-state index in [9.17, 15) is 19.7 Å². The molecule has 0 saturated carbocycles. The van der Waals surface area contributed by atoms with Gasteiger partial charge in [-0.3, -0.25) is 24.5 Å². The second-order valence-electron chi connectivity index (χ2n) is 8.37. The first-order valence-corrected chi connectivity index (χ1v) is 11.3. The molecule has 3 atom stereocenters. The molecule has 2 heterocycles. The molecule has 0 N–H and O–H groups in total. The quantitative estimate of drug-likeness (QED) is 0.269. The van der Waals surface area contributed by atoms with Crippen molar-refractivity contribution in [3.8, 4) is 17.2 Å². The highest BCUT2D eigenvalue weighted by molar-refractivity contribution is 6.24. The highest BCUT2D eigenvalue weighted by Gasteiger charge is 2.61. The fraction of sp³-hybridized carbons (Fsp3) is 0.231. The van der Waals surface area contributed by atoms with Crippen LogP contribution in [0.3, 0.4) is 0 Å². The summed E-state index contributed by atoms with van der Waals surface area (Å²) >= 11 is 0. The summed E-state index contributed by atoms with van der Waals surface area (Å²) in [5.74, 6) is -0.883. The molecular formula is C26H23N3O8. The molecule has 2 amide bonds. The van der Waals surface area contributed by atoms with Gasteiger partial charge in [-0.1, -0.05) is 18.2 Å². The molecule has 37 heavy (non-hydrogen) atoms. The normalized spacial score (nSPS) is 20.7. The number of ether oxygens (including phenoxy) is 3.